The minimum absolute atomic E-state index is 0.0504. The fourth-order valence-corrected chi connectivity index (χ4v) is 2.44. The Morgan fingerprint density at radius 2 is 2.10 bits per heavy atom. The molecule has 0 aromatic carbocycles. The quantitative estimate of drug-likeness (QED) is 0.652. The highest BCUT2D eigenvalue weighted by Crippen LogP contribution is 2.24. The van der Waals surface area contributed by atoms with Crippen molar-refractivity contribution in [2.75, 3.05) is 11.4 Å². The molecular formula is C16H21N5. The summed E-state index contributed by atoms with van der Waals surface area (Å²) in [6.45, 7) is 7.41. The molecule has 0 aliphatic rings. The molecule has 3 N–H and O–H groups in total. The summed E-state index contributed by atoms with van der Waals surface area (Å²) >= 11 is 0. The van der Waals surface area contributed by atoms with Crippen molar-refractivity contribution in [2.24, 2.45) is 5.73 Å². The second-order valence-electron chi connectivity index (χ2n) is 4.99. The van der Waals surface area contributed by atoms with Gasteiger partial charge in [0.25, 0.3) is 0 Å². The fraction of sp³-hybridized carbons (Fsp3) is 0.312. The number of rotatable bonds is 5. The number of anilines is 1. The topological polar surface area (TPSA) is 78.9 Å². The summed E-state index contributed by atoms with van der Waals surface area (Å²) in [5, 5.41) is 7.83. The standard InChI is InChI=1S/C16H21N5/c1-4-21(10-13-7-5-6-8-19-13)14-9-11(2)20-12(3)15(14)16(17)18/h5-9H,4,10H2,1-3H3,(H3,17,18). The van der Waals surface area contributed by atoms with Gasteiger partial charge in [0, 0.05) is 18.4 Å². The monoisotopic (exact) mass is 283 g/mol. The molecular weight excluding hydrogens is 262 g/mol. The smallest absolute Gasteiger partial charge is 0.126 e. The van der Waals surface area contributed by atoms with Crippen LogP contribution < -0.4 is 10.6 Å². The second kappa shape index (κ2) is 6.35. The van der Waals surface area contributed by atoms with Crippen LogP contribution in [0.25, 0.3) is 0 Å². The molecule has 5 nitrogen and oxygen atoms in total. The number of nitrogens with two attached hydrogens (primary N) is 1. The summed E-state index contributed by atoms with van der Waals surface area (Å²) in [6.07, 6.45) is 1.79. The average molecular weight is 283 g/mol. The van der Waals surface area contributed by atoms with Crippen LogP contribution in [0.5, 0.6) is 0 Å². The highest BCUT2D eigenvalue weighted by Gasteiger charge is 2.16. The number of aromatic nitrogens is 2. The highest BCUT2D eigenvalue weighted by molar-refractivity contribution is 6.01. The van der Waals surface area contributed by atoms with E-state index in [1.165, 1.54) is 0 Å². The zero-order chi connectivity index (χ0) is 15.4. The van der Waals surface area contributed by atoms with Gasteiger partial charge in [-0.05, 0) is 39.0 Å². The second-order valence-corrected chi connectivity index (χ2v) is 4.99. The molecule has 0 atom stereocenters. The number of aryl methyl sites for hydroxylation is 2. The fourth-order valence-electron chi connectivity index (χ4n) is 2.44. The maximum atomic E-state index is 7.83. The van der Waals surface area contributed by atoms with Crippen LogP contribution in [0, 0.1) is 19.3 Å². The van der Waals surface area contributed by atoms with Gasteiger partial charge in [0.05, 0.1) is 29.2 Å². The summed E-state index contributed by atoms with van der Waals surface area (Å²) in [5.74, 6) is 0.0504. The Morgan fingerprint density at radius 1 is 1.33 bits per heavy atom. The van der Waals surface area contributed by atoms with Crippen LogP contribution >= 0.6 is 0 Å². The summed E-state index contributed by atoms with van der Waals surface area (Å²) in [5.41, 5.74) is 10.1. The van der Waals surface area contributed by atoms with E-state index in [1.54, 1.807) is 6.20 Å². The number of hydrogen-bond acceptors (Lipinski definition) is 4. The molecule has 0 amide bonds. The molecule has 110 valence electrons. The van der Waals surface area contributed by atoms with Crippen molar-refractivity contribution in [3.63, 3.8) is 0 Å². The summed E-state index contributed by atoms with van der Waals surface area (Å²) in [6, 6.07) is 7.86. The molecule has 0 aliphatic carbocycles. The van der Waals surface area contributed by atoms with Crippen LogP contribution in [-0.2, 0) is 6.54 Å². The van der Waals surface area contributed by atoms with Crippen molar-refractivity contribution >= 4 is 11.5 Å². The van der Waals surface area contributed by atoms with Gasteiger partial charge in [-0.15, -0.1) is 0 Å². The van der Waals surface area contributed by atoms with E-state index in [9.17, 15) is 0 Å². The molecule has 2 aromatic heterocycles. The van der Waals surface area contributed by atoms with Crippen LogP contribution in [0.1, 0.15) is 29.6 Å². The molecule has 0 bridgehead atoms. The first-order valence-electron chi connectivity index (χ1n) is 7.00. The van der Waals surface area contributed by atoms with Crippen molar-refractivity contribution in [3.05, 3.63) is 53.1 Å². The van der Waals surface area contributed by atoms with Crippen LogP contribution in [0.3, 0.4) is 0 Å². The maximum Gasteiger partial charge on any atom is 0.126 e. The van der Waals surface area contributed by atoms with Gasteiger partial charge in [-0.3, -0.25) is 15.4 Å². The van der Waals surface area contributed by atoms with Gasteiger partial charge in [-0.2, -0.15) is 0 Å². The van der Waals surface area contributed by atoms with Crippen molar-refractivity contribution in [2.45, 2.75) is 27.3 Å². The van der Waals surface area contributed by atoms with E-state index in [0.717, 1.165) is 29.3 Å². The molecule has 0 spiro atoms. The molecule has 2 rings (SSSR count). The molecule has 0 aliphatic heterocycles. The third-order valence-corrected chi connectivity index (χ3v) is 3.38. The van der Waals surface area contributed by atoms with Crippen LogP contribution in [-0.4, -0.2) is 22.3 Å². The van der Waals surface area contributed by atoms with Crippen LogP contribution in [0.2, 0.25) is 0 Å². The molecule has 21 heavy (non-hydrogen) atoms. The molecule has 0 saturated heterocycles. The predicted molar refractivity (Wildman–Crippen MR) is 85.7 cm³/mol. The number of nitrogens with zero attached hydrogens (tertiary/aromatic N) is 3. The third kappa shape index (κ3) is 3.37. The minimum Gasteiger partial charge on any atom is -0.384 e. The number of pyridine rings is 2. The van der Waals surface area contributed by atoms with E-state index in [1.807, 2.05) is 38.1 Å². The van der Waals surface area contributed by atoms with E-state index in [0.29, 0.717) is 12.1 Å². The van der Waals surface area contributed by atoms with E-state index in [4.69, 9.17) is 11.1 Å². The number of nitrogens with one attached hydrogen (secondary N) is 1. The van der Waals surface area contributed by atoms with Crippen molar-refractivity contribution in [3.8, 4) is 0 Å². The third-order valence-electron chi connectivity index (χ3n) is 3.38. The normalized spacial score (nSPS) is 10.4. The zero-order valence-corrected chi connectivity index (χ0v) is 12.7. The Balaban J connectivity index is 2.44. The molecule has 0 fully saturated rings. The number of hydrogen-bond donors (Lipinski definition) is 2. The van der Waals surface area contributed by atoms with Crippen molar-refractivity contribution in [1.82, 2.24) is 9.97 Å². The summed E-state index contributed by atoms with van der Waals surface area (Å²) < 4.78 is 0. The van der Waals surface area contributed by atoms with Crippen LogP contribution in [0.15, 0.2) is 30.5 Å². The Bertz CT molecular complexity index is 637. The summed E-state index contributed by atoms with van der Waals surface area (Å²) in [7, 11) is 0. The average Bonchev–Trinajstić information content (AvgIpc) is 2.44. The molecule has 0 radical (unpaired) electrons. The SMILES string of the molecule is CCN(Cc1ccccn1)c1cc(C)nc(C)c1C(=N)N. The van der Waals surface area contributed by atoms with Gasteiger partial charge in [-0.1, -0.05) is 6.07 Å². The highest BCUT2D eigenvalue weighted by atomic mass is 15.1. The molecule has 0 saturated carbocycles. The number of amidine groups is 1. The van der Waals surface area contributed by atoms with Crippen molar-refractivity contribution in [1.29, 1.82) is 5.41 Å². The van der Waals surface area contributed by atoms with Gasteiger partial charge in [0.15, 0.2) is 0 Å². The Labute approximate surface area is 125 Å². The largest absolute Gasteiger partial charge is 0.384 e. The first-order valence-corrected chi connectivity index (χ1v) is 7.00. The molecule has 0 unspecified atom stereocenters. The lowest BCUT2D eigenvalue weighted by molar-refractivity contribution is 0.805. The molecule has 2 aromatic rings. The predicted octanol–water partition coefficient (Wildman–Crippen LogP) is 2.40. The molecule has 5 heteroatoms. The zero-order valence-electron chi connectivity index (χ0n) is 12.7. The van der Waals surface area contributed by atoms with Crippen molar-refractivity contribution < 1.29 is 0 Å². The number of nitrogen functional groups attached to an aromatic ring is 1. The Kier molecular flexibility index (Phi) is 4.52. The van der Waals surface area contributed by atoms with Gasteiger partial charge >= 0.3 is 0 Å². The van der Waals surface area contributed by atoms with Crippen LogP contribution in [0.4, 0.5) is 5.69 Å². The van der Waals surface area contributed by atoms with E-state index >= 15 is 0 Å². The Morgan fingerprint density at radius 3 is 2.67 bits per heavy atom. The van der Waals surface area contributed by atoms with Gasteiger partial charge in [0.2, 0.25) is 0 Å². The molecule has 2 heterocycles. The maximum absolute atomic E-state index is 7.83. The first-order chi connectivity index (χ1) is 10.0. The lowest BCUT2D eigenvalue weighted by atomic mass is 10.1. The van der Waals surface area contributed by atoms with Gasteiger partial charge < -0.3 is 10.6 Å². The first kappa shape index (κ1) is 15.0. The lowest BCUT2D eigenvalue weighted by Crippen LogP contribution is -2.27. The van der Waals surface area contributed by atoms with E-state index < -0.39 is 0 Å². The van der Waals surface area contributed by atoms with Gasteiger partial charge in [-0.25, -0.2) is 0 Å². The Hall–Kier alpha value is -2.43. The van der Waals surface area contributed by atoms with Gasteiger partial charge in [0.1, 0.15) is 5.84 Å². The van der Waals surface area contributed by atoms with E-state index in [-0.39, 0.29) is 5.84 Å². The minimum atomic E-state index is 0.0504. The summed E-state index contributed by atoms with van der Waals surface area (Å²) in [4.78, 5) is 11.0. The van der Waals surface area contributed by atoms with E-state index in [2.05, 4.69) is 21.8 Å². The lowest BCUT2D eigenvalue weighted by Gasteiger charge is -2.26.